The van der Waals surface area contributed by atoms with E-state index in [1.165, 1.54) is 11.3 Å². The van der Waals surface area contributed by atoms with Crippen molar-refractivity contribution in [2.75, 3.05) is 7.11 Å². The van der Waals surface area contributed by atoms with E-state index < -0.39 is 0 Å². The molecule has 0 unspecified atom stereocenters. The summed E-state index contributed by atoms with van der Waals surface area (Å²) in [5.74, 6) is 1.29. The topological polar surface area (TPSA) is 52.8 Å². The van der Waals surface area contributed by atoms with Gasteiger partial charge in [-0.05, 0) is 56.7 Å². The Hall–Kier alpha value is -2.60. The lowest BCUT2D eigenvalue weighted by molar-refractivity contribution is 0.0998. The van der Waals surface area contributed by atoms with E-state index in [0.29, 0.717) is 10.4 Å². The molecule has 3 rings (SSSR count). The fraction of sp³-hybridized carbons (Fsp3) is 0.333. The fourth-order valence-corrected chi connectivity index (χ4v) is 3.84. The third-order valence-electron chi connectivity index (χ3n) is 4.01. The predicted molar refractivity (Wildman–Crippen MR) is 109 cm³/mol. The van der Waals surface area contributed by atoms with Gasteiger partial charge in [0.1, 0.15) is 11.5 Å². The van der Waals surface area contributed by atoms with Gasteiger partial charge in [-0.1, -0.05) is 18.3 Å². The average Bonchev–Trinajstić information content (AvgIpc) is 2.98. The maximum Gasteiger partial charge on any atom is 0.279 e. The van der Waals surface area contributed by atoms with Crippen LogP contribution in [0.5, 0.6) is 11.5 Å². The Morgan fingerprint density at radius 2 is 1.85 bits per heavy atom. The van der Waals surface area contributed by atoms with Crippen LogP contribution in [0.2, 0.25) is 0 Å². The molecule has 0 spiro atoms. The first-order valence-corrected chi connectivity index (χ1v) is 9.86. The molecule has 0 aliphatic carbocycles. The van der Waals surface area contributed by atoms with Crippen molar-refractivity contribution in [2.24, 2.45) is 4.99 Å². The molecule has 0 saturated heterocycles. The molecule has 142 valence electrons. The number of aryl methyl sites for hydroxylation is 1. The number of methoxy groups -OCH3 is 1. The van der Waals surface area contributed by atoms with Crippen molar-refractivity contribution in [2.45, 2.75) is 39.8 Å². The molecule has 1 amide bonds. The van der Waals surface area contributed by atoms with Gasteiger partial charge in [0.25, 0.3) is 5.91 Å². The first kappa shape index (κ1) is 19.2. The summed E-state index contributed by atoms with van der Waals surface area (Å²) in [6.45, 7) is 6.84. The smallest absolute Gasteiger partial charge is 0.279 e. The average molecular weight is 385 g/mol. The molecule has 3 aromatic rings. The minimum atomic E-state index is -0.255. The summed E-state index contributed by atoms with van der Waals surface area (Å²) in [6.07, 6.45) is 1.05. The molecular formula is C21H24N2O3S. The number of hydrogen-bond donors (Lipinski definition) is 0. The van der Waals surface area contributed by atoms with E-state index in [0.717, 1.165) is 34.7 Å². The number of hydrogen-bond acceptors (Lipinski definition) is 4. The summed E-state index contributed by atoms with van der Waals surface area (Å²) in [5.41, 5.74) is 1.58. The van der Waals surface area contributed by atoms with Gasteiger partial charge in [-0.2, -0.15) is 4.99 Å². The number of carbonyl (C=O) groups is 1. The maximum absolute atomic E-state index is 12.7. The van der Waals surface area contributed by atoms with Crippen LogP contribution in [0.15, 0.2) is 47.5 Å². The molecule has 0 radical (unpaired) electrons. The van der Waals surface area contributed by atoms with E-state index in [4.69, 9.17) is 9.47 Å². The summed E-state index contributed by atoms with van der Waals surface area (Å²) in [5, 5.41) is 0. The summed E-state index contributed by atoms with van der Waals surface area (Å²) >= 11 is 1.51. The summed E-state index contributed by atoms with van der Waals surface area (Å²) in [7, 11) is 1.65. The molecule has 0 aliphatic heterocycles. The number of carbonyl (C=O) groups excluding carboxylic acids is 1. The number of benzene rings is 2. The molecule has 1 heterocycles. The normalized spacial score (nSPS) is 12.0. The molecule has 0 aliphatic rings. The molecule has 0 bridgehead atoms. The Bertz CT molecular complexity index is 1000. The summed E-state index contributed by atoms with van der Waals surface area (Å²) in [4.78, 5) is 17.8. The Balaban J connectivity index is 1.98. The van der Waals surface area contributed by atoms with Gasteiger partial charge in [0.15, 0.2) is 4.80 Å². The van der Waals surface area contributed by atoms with Gasteiger partial charge in [-0.3, -0.25) is 4.79 Å². The van der Waals surface area contributed by atoms with Crippen LogP contribution >= 0.6 is 11.3 Å². The highest BCUT2D eigenvalue weighted by Crippen LogP contribution is 2.23. The van der Waals surface area contributed by atoms with E-state index in [2.05, 4.69) is 16.5 Å². The monoisotopic (exact) mass is 384 g/mol. The Labute approximate surface area is 162 Å². The molecule has 1 aromatic heterocycles. The number of aromatic nitrogens is 1. The van der Waals surface area contributed by atoms with Gasteiger partial charge < -0.3 is 14.0 Å². The molecule has 2 aromatic carbocycles. The molecule has 0 saturated carbocycles. The van der Waals surface area contributed by atoms with E-state index in [9.17, 15) is 4.79 Å². The van der Waals surface area contributed by atoms with Crippen molar-refractivity contribution in [3.63, 3.8) is 0 Å². The number of fused-ring (bicyclic) bond motifs is 1. The van der Waals surface area contributed by atoms with E-state index >= 15 is 0 Å². The molecule has 27 heavy (non-hydrogen) atoms. The quantitative estimate of drug-likeness (QED) is 0.622. The largest absolute Gasteiger partial charge is 0.497 e. The Kier molecular flexibility index (Phi) is 5.96. The number of nitrogens with zero attached hydrogens (tertiary/aromatic N) is 2. The van der Waals surface area contributed by atoms with Crippen LogP contribution < -0.4 is 14.3 Å². The van der Waals surface area contributed by atoms with Crippen molar-refractivity contribution in [3.05, 3.63) is 52.8 Å². The number of rotatable bonds is 6. The third kappa shape index (κ3) is 4.39. The van der Waals surface area contributed by atoms with Crippen LogP contribution in [0.1, 0.15) is 37.6 Å². The highest BCUT2D eigenvalue weighted by atomic mass is 32.1. The Morgan fingerprint density at radius 3 is 2.48 bits per heavy atom. The zero-order valence-electron chi connectivity index (χ0n) is 16.1. The second kappa shape index (κ2) is 8.39. The number of amides is 1. The predicted octanol–water partition coefficient (Wildman–Crippen LogP) is 4.65. The van der Waals surface area contributed by atoms with E-state index in [1.807, 2.05) is 32.0 Å². The van der Waals surface area contributed by atoms with Crippen LogP contribution in [-0.2, 0) is 6.54 Å². The number of ether oxygens (including phenoxy) is 2. The molecule has 6 heteroatoms. The lowest BCUT2D eigenvalue weighted by Gasteiger charge is -2.09. The van der Waals surface area contributed by atoms with Crippen LogP contribution in [-0.4, -0.2) is 23.7 Å². The first-order valence-electron chi connectivity index (χ1n) is 9.05. The lowest BCUT2D eigenvalue weighted by Crippen LogP contribution is -2.16. The van der Waals surface area contributed by atoms with E-state index in [-0.39, 0.29) is 12.0 Å². The SMILES string of the molecule is CCCn1c(=NC(=O)c2ccc(OC(C)C)cc2)sc2ccc(OC)cc21. The number of thiazole rings is 1. The van der Waals surface area contributed by atoms with Gasteiger partial charge in [-0.15, -0.1) is 0 Å². The van der Waals surface area contributed by atoms with Crippen molar-refractivity contribution < 1.29 is 14.3 Å². The maximum atomic E-state index is 12.7. The molecule has 0 fully saturated rings. The molecule has 5 nitrogen and oxygen atoms in total. The zero-order chi connectivity index (χ0) is 19.4. The van der Waals surface area contributed by atoms with Crippen molar-refractivity contribution in [1.82, 2.24) is 4.57 Å². The molecule has 0 N–H and O–H groups in total. The van der Waals surface area contributed by atoms with Crippen LogP contribution in [0.3, 0.4) is 0 Å². The second-order valence-corrected chi connectivity index (χ2v) is 7.49. The summed E-state index contributed by atoms with van der Waals surface area (Å²) in [6, 6.07) is 13.0. The highest BCUT2D eigenvalue weighted by molar-refractivity contribution is 7.16. The van der Waals surface area contributed by atoms with Crippen molar-refractivity contribution >= 4 is 27.5 Å². The standard InChI is InChI=1S/C21H24N2O3S/c1-5-12-23-18-13-17(25-4)10-11-19(18)27-21(23)22-20(24)15-6-8-16(9-7-15)26-14(2)3/h6-11,13-14H,5,12H2,1-4H3. The first-order chi connectivity index (χ1) is 13.0. The minimum absolute atomic E-state index is 0.0970. The van der Waals surface area contributed by atoms with E-state index in [1.54, 1.807) is 31.4 Å². The van der Waals surface area contributed by atoms with Gasteiger partial charge in [0.2, 0.25) is 0 Å². The van der Waals surface area contributed by atoms with Crippen LogP contribution in [0.4, 0.5) is 0 Å². The summed E-state index contributed by atoms with van der Waals surface area (Å²) < 4.78 is 14.1. The van der Waals surface area contributed by atoms with Crippen LogP contribution in [0, 0.1) is 0 Å². The van der Waals surface area contributed by atoms with Gasteiger partial charge in [0.05, 0.1) is 23.4 Å². The Morgan fingerprint density at radius 1 is 1.15 bits per heavy atom. The third-order valence-corrected chi connectivity index (χ3v) is 5.07. The molecule has 0 atom stereocenters. The van der Waals surface area contributed by atoms with Crippen molar-refractivity contribution in [3.8, 4) is 11.5 Å². The second-order valence-electron chi connectivity index (χ2n) is 6.48. The fourth-order valence-electron chi connectivity index (χ4n) is 2.80. The lowest BCUT2D eigenvalue weighted by atomic mass is 10.2. The molecular weight excluding hydrogens is 360 g/mol. The highest BCUT2D eigenvalue weighted by Gasteiger charge is 2.10. The van der Waals surface area contributed by atoms with Gasteiger partial charge in [0, 0.05) is 18.2 Å². The van der Waals surface area contributed by atoms with Gasteiger partial charge in [-0.25, -0.2) is 0 Å². The zero-order valence-corrected chi connectivity index (χ0v) is 16.9. The van der Waals surface area contributed by atoms with Gasteiger partial charge >= 0.3 is 0 Å². The van der Waals surface area contributed by atoms with Crippen LogP contribution in [0.25, 0.3) is 10.2 Å². The minimum Gasteiger partial charge on any atom is -0.497 e. The van der Waals surface area contributed by atoms with Crippen molar-refractivity contribution in [1.29, 1.82) is 0 Å².